The van der Waals surface area contributed by atoms with Crippen LogP contribution in [0.25, 0.3) is 5.69 Å². The van der Waals surface area contributed by atoms with Crippen LogP contribution in [-0.2, 0) is 5.88 Å². The normalized spacial score (nSPS) is 10.6. The Kier molecular flexibility index (Phi) is 3.12. The largest absolute Gasteiger partial charge is 0.304 e. The predicted molar refractivity (Wildman–Crippen MR) is 65.6 cm³/mol. The molecule has 0 radical (unpaired) electrons. The Morgan fingerprint density at radius 1 is 1.47 bits per heavy atom. The summed E-state index contributed by atoms with van der Waals surface area (Å²) in [4.78, 5) is 4.20. The fourth-order valence-corrected chi connectivity index (χ4v) is 2.48. The molecule has 0 N–H and O–H groups in total. The molecule has 1 aromatic heterocycles. The molecule has 0 aliphatic rings. The highest BCUT2D eigenvalue weighted by Crippen LogP contribution is 2.25. The number of benzene rings is 1. The smallest absolute Gasteiger partial charge is 0.110 e. The summed E-state index contributed by atoms with van der Waals surface area (Å²) in [5.41, 5.74) is 2.16. The summed E-state index contributed by atoms with van der Waals surface area (Å²) in [7, 11) is 0. The second-order valence-corrected chi connectivity index (χ2v) is 4.34. The molecule has 1 heterocycles. The van der Waals surface area contributed by atoms with Gasteiger partial charge in [-0.25, -0.2) is 4.98 Å². The van der Waals surface area contributed by atoms with Crippen LogP contribution in [0.2, 0.25) is 0 Å². The summed E-state index contributed by atoms with van der Waals surface area (Å²) in [6.07, 6.45) is 3.72. The van der Waals surface area contributed by atoms with Crippen molar-refractivity contribution in [3.8, 4) is 5.69 Å². The third kappa shape index (κ3) is 1.94. The zero-order valence-corrected chi connectivity index (χ0v) is 10.6. The second-order valence-electron chi connectivity index (χ2n) is 3.22. The summed E-state index contributed by atoms with van der Waals surface area (Å²) < 4.78 is 3.06. The maximum absolute atomic E-state index is 5.94. The molecule has 4 heteroatoms. The van der Waals surface area contributed by atoms with Gasteiger partial charge >= 0.3 is 0 Å². The van der Waals surface area contributed by atoms with E-state index in [4.69, 9.17) is 11.6 Å². The minimum atomic E-state index is 0.481. The van der Waals surface area contributed by atoms with Crippen LogP contribution in [0.3, 0.4) is 0 Å². The molecule has 0 saturated heterocycles. The fraction of sp³-hybridized carbons (Fsp3) is 0.182. The Balaban J connectivity index is 2.63. The molecule has 15 heavy (non-hydrogen) atoms. The van der Waals surface area contributed by atoms with Crippen LogP contribution < -0.4 is 0 Å². The van der Waals surface area contributed by atoms with Gasteiger partial charge in [-0.05, 0) is 19.1 Å². The maximum Gasteiger partial charge on any atom is 0.110 e. The van der Waals surface area contributed by atoms with Gasteiger partial charge in [0.15, 0.2) is 0 Å². The fourth-order valence-electron chi connectivity index (χ4n) is 1.54. The minimum Gasteiger partial charge on any atom is -0.304 e. The summed E-state index contributed by atoms with van der Waals surface area (Å²) in [5, 5.41) is 0. The number of alkyl halides is 1. The van der Waals surface area contributed by atoms with Crippen LogP contribution >= 0.6 is 27.5 Å². The second kappa shape index (κ2) is 4.37. The number of halogens is 2. The van der Waals surface area contributed by atoms with Crippen molar-refractivity contribution in [1.29, 1.82) is 0 Å². The molecule has 0 aliphatic heterocycles. The van der Waals surface area contributed by atoms with E-state index in [1.165, 1.54) is 0 Å². The summed E-state index contributed by atoms with van der Waals surface area (Å²) >= 11 is 9.44. The monoisotopic (exact) mass is 284 g/mol. The van der Waals surface area contributed by atoms with E-state index in [-0.39, 0.29) is 0 Å². The lowest BCUT2D eigenvalue weighted by Gasteiger charge is -2.11. The average molecular weight is 286 g/mol. The van der Waals surface area contributed by atoms with Crippen molar-refractivity contribution in [3.05, 3.63) is 46.5 Å². The van der Waals surface area contributed by atoms with Crippen LogP contribution in [0.5, 0.6) is 0 Å². The van der Waals surface area contributed by atoms with E-state index in [0.29, 0.717) is 5.88 Å². The molecular formula is C11H10BrClN2. The van der Waals surface area contributed by atoms with Crippen molar-refractivity contribution >= 4 is 27.5 Å². The van der Waals surface area contributed by atoms with Gasteiger partial charge in [0, 0.05) is 22.4 Å². The van der Waals surface area contributed by atoms with Gasteiger partial charge < -0.3 is 4.57 Å². The first-order valence-corrected chi connectivity index (χ1v) is 5.90. The van der Waals surface area contributed by atoms with Crippen LogP contribution in [0, 0.1) is 6.92 Å². The topological polar surface area (TPSA) is 17.8 Å². The summed E-state index contributed by atoms with van der Waals surface area (Å²) in [6, 6.07) is 6.03. The summed E-state index contributed by atoms with van der Waals surface area (Å²) in [5.74, 6) is 1.44. The molecule has 2 rings (SSSR count). The highest BCUT2D eigenvalue weighted by atomic mass is 79.9. The number of imidazole rings is 1. The number of hydrogen-bond acceptors (Lipinski definition) is 1. The average Bonchev–Trinajstić information content (AvgIpc) is 2.64. The zero-order chi connectivity index (χ0) is 10.8. The number of hydrogen-bond donors (Lipinski definition) is 0. The van der Waals surface area contributed by atoms with Gasteiger partial charge in [-0.15, -0.1) is 11.6 Å². The van der Waals surface area contributed by atoms with Gasteiger partial charge in [-0.1, -0.05) is 22.0 Å². The van der Waals surface area contributed by atoms with E-state index in [0.717, 1.165) is 21.5 Å². The lowest BCUT2D eigenvalue weighted by molar-refractivity contribution is 0.960. The third-order valence-electron chi connectivity index (χ3n) is 2.31. The van der Waals surface area contributed by atoms with Gasteiger partial charge in [-0.3, -0.25) is 0 Å². The van der Waals surface area contributed by atoms with Crippen molar-refractivity contribution in [3.63, 3.8) is 0 Å². The van der Waals surface area contributed by atoms with Crippen molar-refractivity contribution in [1.82, 2.24) is 9.55 Å². The van der Waals surface area contributed by atoms with Gasteiger partial charge in [0.1, 0.15) is 5.82 Å². The molecule has 0 aliphatic carbocycles. The molecule has 0 amide bonds. The Bertz CT molecular complexity index is 479. The Morgan fingerprint density at radius 3 is 2.87 bits per heavy atom. The van der Waals surface area contributed by atoms with Gasteiger partial charge in [0.25, 0.3) is 0 Å². The van der Waals surface area contributed by atoms with Gasteiger partial charge in [0.2, 0.25) is 0 Å². The third-order valence-corrected chi connectivity index (χ3v) is 3.32. The van der Waals surface area contributed by atoms with Crippen molar-refractivity contribution in [2.24, 2.45) is 0 Å². The summed E-state index contributed by atoms with van der Waals surface area (Å²) in [6.45, 7) is 1.97. The van der Waals surface area contributed by atoms with Gasteiger partial charge in [-0.2, -0.15) is 0 Å². The number of nitrogens with zero attached hydrogens (tertiary/aromatic N) is 2. The molecule has 0 unspecified atom stereocenters. The molecule has 0 saturated carbocycles. The molecule has 2 aromatic rings. The first-order chi connectivity index (χ1) is 7.24. The molecule has 78 valence electrons. The van der Waals surface area contributed by atoms with Crippen LogP contribution in [0.1, 0.15) is 11.4 Å². The molecule has 0 bridgehead atoms. The van der Waals surface area contributed by atoms with Crippen LogP contribution in [-0.4, -0.2) is 9.55 Å². The van der Waals surface area contributed by atoms with E-state index in [9.17, 15) is 0 Å². The molecule has 0 spiro atoms. The van der Waals surface area contributed by atoms with Crippen LogP contribution in [0.4, 0.5) is 0 Å². The number of aromatic nitrogens is 2. The lowest BCUT2D eigenvalue weighted by atomic mass is 10.2. The van der Waals surface area contributed by atoms with E-state index in [1.807, 2.05) is 35.9 Å². The van der Waals surface area contributed by atoms with E-state index >= 15 is 0 Å². The van der Waals surface area contributed by atoms with Gasteiger partial charge in [0.05, 0.1) is 11.6 Å². The Labute approximate surface area is 102 Å². The molecule has 0 atom stereocenters. The lowest BCUT2D eigenvalue weighted by Crippen LogP contribution is -2.00. The first-order valence-electron chi connectivity index (χ1n) is 4.57. The SMILES string of the molecule is Cc1nccn1-c1cccc(Br)c1CCl. The molecule has 1 aromatic carbocycles. The Morgan fingerprint density at radius 2 is 2.27 bits per heavy atom. The highest BCUT2D eigenvalue weighted by molar-refractivity contribution is 9.10. The maximum atomic E-state index is 5.94. The van der Waals surface area contributed by atoms with Crippen molar-refractivity contribution < 1.29 is 0 Å². The minimum absolute atomic E-state index is 0.481. The molecule has 0 fully saturated rings. The van der Waals surface area contributed by atoms with Crippen LogP contribution in [0.15, 0.2) is 35.1 Å². The quantitative estimate of drug-likeness (QED) is 0.770. The zero-order valence-electron chi connectivity index (χ0n) is 8.24. The van der Waals surface area contributed by atoms with Crippen molar-refractivity contribution in [2.75, 3.05) is 0 Å². The Hall–Kier alpha value is -0.800. The first kappa shape index (κ1) is 10.7. The standard InChI is InChI=1S/C11H10BrClN2/c1-8-14-5-6-15(8)11-4-2-3-10(12)9(11)7-13/h2-6H,7H2,1H3. The molecular weight excluding hydrogens is 275 g/mol. The number of aryl methyl sites for hydroxylation is 1. The number of rotatable bonds is 2. The van der Waals surface area contributed by atoms with Crippen molar-refractivity contribution in [2.45, 2.75) is 12.8 Å². The predicted octanol–water partition coefficient (Wildman–Crippen LogP) is 3.68. The highest BCUT2D eigenvalue weighted by Gasteiger charge is 2.08. The van der Waals surface area contributed by atoms with E-state index in [1.54, 1.807) is 6.20 Å². The molecule has 2 nitrogen and oxygen atoms in total. The van der Waals surface area contributed by atoms with E-state index in [2.05, 4.69) is 20.9 Å². The van der Waals surface area contributed by atoms with E-state index < -0.39 is 0 Å².